The van der Waals surface area contributed by atoms with Gasteiger partial charge in [0.05, 0.1) is 11.4 Å². The van der Waals surface area contributed by atoms with Gasteiger partial charge in [0, 0.05) is 13.0 Å². The predicted octanol–water partition coefficient (Wildman–Crippen LogP) is 2.09. The molecular weight excluding hydrogens is 246 g/mol. The molecule has 19 heavy (non-hydrogen) atoms. The summed E-state index contributed by atoms with van der Waals surface area (Å²) in [5.74, 6) is -0.702. The largest absolute Gasteiger partial charge is 0.504 e. The Balaban J connectivity index is 2.29. The van der Waals surface area contributed by atoms with Crippen molar-refractivity contribution in [3.63, 3.8) is 0 Å². The van der Waals surface area contributed by atoms with Crippen molar-refractivity contribution in [1.29, 1.82) is 0 Å². The minimum absolute atomic E-state index is 0.0502. The van der Waals surface area contributed by atoms with Crippen LogP contribution in [0.25, 0.3) is 0 Å². The van der Waals surface area contributed by atoms with Gasteiger partial charge in [0.25, 0.3) is 0 Å². The average Bonchev–Trinajstić information content (AvgIpc) is 2.36. The number of nitrogens with zero attached hydrogens (tertiary/aromatic N) is 1. The summed E-state index contributed by atoms with van der Waals surface area (Å²) in [6.45, 7) is 1.25. The summed E-state index contributed by atoms with van der Waals surface area (Å²) in [5, 5.41) is 9.53. The minimum Gasteiger partial charge on any atom is -0.504 e. The summed E-state index contributed by atoms with van der Waals surface area (Å²) in [5.41, 5.74) is 1.10. The quantitative estimate of drug-likeness (QED) is 0.500. The fourth-order valence-electron chi connectivity index (χ4n) is 1.48. The van der Waals surface area contributed by atoms with Gasteiger partial charge in [0.1, 0.15) is 0 Å². The van der Waals surface area contributed by atoms with Crippen molar-refractivity contribution in [1.82, 2.24) is 0 Å². The number of ketones is 1. The summed E-state index contributed by atoms with van der Waals surface area (Å²) in [7, 11) is 0. The van der Waals surface area contributed by atoms with Crippen LogP contribution in [0.2, 0.25) is 0 Å². The number of phenolic OH excluding ortho intramolecular Hbond substituents is 1. The van der Waals surface area contributed by atoms with Crippen molar-refractivity contribution in [3.05, 3.63) is 42.5 Å². The Bertz CT molecular complexity index is 608. The van der Waals surface area contributed by atoms with Gasteiger partial charge in [-0.25, -0.2) is 4.99 Å². The summed E-state index contributed by atoms with van der Waals surface area (Å²) >= 11 is 0. The molecule has 2 rings (SSSR count). The first-order valence-electron chi connectivity index (χ1n) is 5.55. The Hall–Kier alpha value is -2.69. The second-order valence-corrected chi connectivity index (χ2v) is 3.85. The lowest BCUT2D eigenvalue weighted by Gasteiger charge is -2.05. The highest BCUT2D eigenvalue weighted by atomic mass is 16.5. The molecule has 0 bridgehead atoms. The lowest BCUT2D eigenvalue weighted by molar-refractivity contribution is -0.132. The molecule has 1 N–H and O–H groups in total. The van der Waals surface area contributed by atoms with Gasteiger partial charge in [0.15, 0.2) is 17.3 Å². The molecule has 0 aliphatic heterocycles. The summed E-state index contributed by atoms with van der Waals surface area (Å²) < 4.78 is 4.84. The zero-order valence-corrected chi connectivity index (χ0v) is 10.2. The van der Waals surface area contributed by atoms with Crippen molar-refractivity contribution < 1.29 is 19.4 Å². The van der Waals surface area contributed by atoms with Crippen molar-refractivity contribution in [2.24, 2.45) is 4.99 Å². The number of hydrogen-bond donors (Lipinski definition) is 1. The first kappa shape index (κ1) is 12.8. The van der Waals surface area contributed by atoms with Gasteiger partial charge in [-0.05, 0) is 36.4 Å². The standard InChI is InChI=1S/C14H11NO4/c1-9(16)19-14-8-11(4-7-13(14)18)15-10-2-5-12(17)6-3-10/h2-8,18H,1H3. The zero-order valence-electron chi connectivity index (χ0n) is 10.2. The number of aliphatic imine (C=N–C) groups is 1. The number of phenols is 1. The van der Waals surface area contributed by atoms with E-state index in [0.717, 1.165) is 0 Å². The maximum atomic E-state index is 11.0. The number of ether oxygens (including phenoxy) is 1. The lowest BCUT2D eigenvalue weighted by atomic mass is 10.1. The van der Waals surface area contributed by atoms with E-state index in [1.165, 1.54) is 31.2 Å². The molecule has 1 aromatic carbocycles. The van der Waals surface area contributed by atoms with E-state index in [4.69, 9.17) is 4.74 Å². The van der Waals surface area contributed by atoms with Gasteiger partial charge in [-0.15, -0.1) is 0 Å². The Morgan fingerprint density at radius 2 is 1.89 bits per heavy atom. The molecule has 1 aliphatic rings. The molecule has 0 saturated heterocycles. The van der Waals surface area contributed by atoms with Crippen LogP contribution < -0.4 is 4.74 Å². The number of hydrogen-bond acceptors (Lipinski definition) is 5. The van der Waals surface area contributed by atoms with Crippen molar-refractivity contribution in [3.8, 4) is 11.5 Å². The second kappa shape index (κ2) is 5.30. The van der Waals surface area contributed by atoms with E-state index in [-0.39, 0.29) is 17.3 Å². The fraction of sp³-hybridized carbons (Fsp3) is 0.0714. The molecule has 0 spiro atoms. The van der Waals surface area contributed by atoms with Crippen LogP contribution in [0.1, 0.15) is 6.92 Å². The highest BCUT2D eigenvalue weighted by Crippen LogP contribution is 2.30. The lowest BCUT2D eigenvalue weighted by Crippen LogP contribution is -2.01. The smallest absolute Gasteiger partial charge is 0.308 e. The van der Waals surface area contributed by atoms with Crippen molar-refractivity contribution in [2.45, 2.75) is 6.92 Å². The van der Waals surface area contributed by atoms with Crippen molar-refractivity contribution in [2.75, 3.05) is 0 Å². The first-order chi connectivity index (χ1) is 9.04. The third-order valence-corrected chi connectivity index (χ3v) is 2.29. The molecule has 5 nitrogen and oxygen atoms in total. The summed E-state index contributed by atoms with van der Waals surface area (Å²) in [6.07, 6.45) is 5.99. The highest BCUT2D eigenvalue weighted by Gasteiger charge is 2.07. The molecule has 1 aliphatic carbocycles. The number of benzene rings is 1. The first-order valence-corrected chi connectivity index (χ1v) is 5.55. The van der Waals surface area contributed by atoms with E-state index < -0.39 is 5.97 Å². The Morgan fingerprint density at radius 3 is 2.53 bits per heavy atom. The minimum atomic E-state index is -0.525. The third-order valence-electron chi connectivity index (χ3n) is 2.29. The monoisotopic (exact) mass is 257 g/mol. The second-order valence-electron chi connectivity index (χ2n) is 3.85. The van der Waals surface area contributed by atoms with Gasteiger partial charge in [-0.1, -0.05) is 0 Å². The highest BCUT2D eigenvalue weighted by molar-refractivity contribution is 6.17. The molecule has 0 unspecified atom stereocenters. The van der Waals surface area contributed by atoms with E-state index in [1.807, 2.05) is 0 Å². The Morgan fingerprint density at radius 1 is 1.21 bits per heavy atom. The van der Waals surface area contributed by atoms with E-state index in [2.05, 4.69) is 4.99 Å². The number of aromatic hydroxyl groups is 1. The predicted molar refractivity (Wildman–Crippen MR) is 69.8 cm³/mol. The fourth-order valence-corrected chi connectivity index (χ4v) is 1.48. The molecule has 0 amide bonds. The van der Waals surface area contributed by atoms with Crippen LogP contribution in [0, 0.1) is 0 Å². The number of carbonyl (C=O) groups excluding carboxylic acids is 2. The molecule has 0 heterocycles. The summed E-state index contributed by atoms with van der Waals surface area (Å²) in [4.78, 5) is 26.1. The molecule has 5 heteroatoms. The van der Waals surface area contributed by atoms with E-state index in [0.29, 0.717) is 11.4 Å². The van der Waals surface area contributed by atoms with Gasteiger partial charge in [0.2, 0.25) is 0 Å². The number of esters is 1. The molecule has 1 aromatic rings. The molecule has 96 valence electrons. The third kappa shape index (κ3) is 3.38. The SMILES string of the molecule is CC(=O)Oc1cc(N=C2C=CC(=O)C=C2)ccc1O. The van der Waals surface area contributed by atoms with Gasteiger partial charge in [-0.2, -0.15) is 0 Å². The van der Waals surface area contributed by atoms with Gasteiger partial charge in [-0.3, -0.25) is 9.59 Å². The van der Waals surface area contributed by atoms with Crippen LogP contribution in [-0.2, 0) is 9.59 Å². The molecule has 0 saturated carbocycles. The topological polar surface area (TPSA) is 76.0 Å². The van der Waals surface area contributed by atoms with Crippen LogP contribution in [0.15, 0.2) is 47.5 Å². The molecule has 0 aromatic heterocycles. The normalized spacial score (nSPS) is 13.5. The van der Waals surface area contributed by atoms with E-state index in [1.54, 1.807) is 18.2 Å². The van der Waals surface area contributed by atoms with Crippen molar-refractivity contribution >= 4 is 23.2 Å². The molecule has 0 radical (unpaired) electrons. The number of rotatable bonds is 2. The van der Waals surface area contributed by atoms with Crippen LogP contribution in [0.5, 0.6) is 11.5 Å². The van der Waals surface area contributed by atoms with Gasteiger partial charge < -0.3 is 9.84 Å². The van der Waals surface area contributed by atoms with Crippen LogP contribution >= 0.6 is 0 Å². The average molecular weight is 257 g/mol. The number of carbonyl (C=O) groups is 2. The Labute approximate surface area is 109 Å². The Kier molecular flexibility index (Phi) is 3.56. The van der Waals surface area contributed by atoms with Crippen LogP contribution in [0.4, 0.5) is 5.69 Å². The van der Waals surface area contributed by atoms with Crippen LogP contribution in [0.3, 0.4) is 0 Å². The molecule has 0 fully saturated rings. The number of allylic oxidation sites excluding steroid dienone is 4. The maximum Gasteiger partial charge on any atom is 0.308 e. The van der Waals surface area contributed by atoms with Crippen LogP contribution in [-0.4, -0.2) is 22.6 Å². The van der Waals surface area contributed by atoms with E-state index in [9.17, 15) is 14.7 Å². The molecule has 0 atom stereocenters. The molecular formula is C14H11NO4. The maximum absolute atomic E-state index is 11.0. The van der Waals surface area contributed by atoms with Gasteiger partial charge >= 0.3 is 5.97 Å². The summed E-state index contributed by atoms with van der Waals surface area (Å²) in [6, 6.07) is 4.41. The zero-order chi connectivity index (χ0) is 13.8. The van der Waals surface area contributed by atoms with E-state index >= 15 is 0 Å².